The van der Waals surface area contributed by atoms with Crippen LogP contribution in [0.3, 0.4) is 0 Å². The van der Waals surface area contributed by atoms with Crippen LogP contribution < -0.4 is 10.2 Å². The quantitative estimate of drug-likeness (QED) is 0.814. The molecule has 0 spiro atoms. The summed E-state index contributed by atoms with van der Waals surface area (Å²) >= 11 is 0. The van der Waals surface area contributed by atoms with Gasteiger partial charge < -0.3 is 4.90 Å². The van der Waals surface area contributed by atoms with E-state index in [0.29, 0.717) is 18.5 Å². The molecule has 2 amide bonds. The molecule has 0 bridgehead atoms. The highest BCUT2D eigenvalue weighted by Gasteiger charge is 2.29. The first-order valence-corrected chi connectivity index (χ1v) is 7.16. The Balaban J connectivity index is 1.72. The molecule has 2 fully saturated rings. The molecule has 2 aliphatic heterocycles. The van der Waals surface area contributed by atoms with Crippen LogP contribution in [0.4, 0.5) is 5.82 Å². The lowest BCUT2D eigenvalue weighted by Crippen LogP contribution is -2.39. The first-order valence-electron chi connectivity index (χ1n) is 7.16. The maximum Gasteiger partial charge on any atom is 0.235 e. The lowest BCUT2D eigenvalue weighted by Gasteiger charge is -2.27. The van der Waals surface area contributed by atoms with E-state index in [1.807, 2.05) is 12.1 Å². The summed E-state index contributed by atoms with van der Waals surface area (Å²) in [5.41, 5.74) is 0.649. The number of piperidine rings is 2. The second kappa shape index (κ2) is 5.56. The van der Waals surface area contributed by atoms with Gasteiger partial charge in [-0.1, -0.05) is 0 Å². The average molecular weight is 274 g/mol. The van der Waals surface area contributed by atoms with Crippen LogP contribution in [0, 0.1) is 0 Å². The van der Waals surface area contributed by atoms with Crippen LogP contribution in [0.2, 0.25) is 0 Å². The molecule has 0 radical (unpaired) electrons. The van der Waals surface area contributed by atoms with Crippen LogP contribution in [-0.4, -0.2) is 35.1 Å². The van der Waals surface area contributed by atoms with Crippen LogP contribution in [0.15, 0.2) is 12.1 Å². The number of imide groups is 1. The number of carbonyl (C=O) groups is 2. The van der Waals surface area contributed by atoms with Crippen molar-refractivity contribution in [3.63, 3.8) is 0 Å². The summed E-state index contributed by atoms with van der Waals surface area (Å²) in [6, 6.07) is 3.79. The van der Waals surface area contributed by atoms with Gasteiger partial charge in [0.2, 0.25) is 11.8 Å². The maximum absolute atomic E-state index is 11.8. The van der Waals surface area contributed by atoms with Crippen LogP contribution in [0.5, 0.6) is 0 Å². The number of hydrogen-bond acceptors (Lipinski definition) is 5. The fraction of sp³-hybridized carbons (Fsp3) is 0.571. The molecule has 0 aliphatic carbocycles. The molecule has 6 nitrogen and oxygen atoms in total. The van der Waals surface area contributed by atoms with Crippen molar-refractivity contribution in [2.45, 2.75) is 38.0 Å². The molecule has 6 heteroatoms. The molecule has 0 aromatic carbocycles. The van der Waals surface area contributed by atoms with Crippen molar-refractivity contribution in [1.82, 2.24) is 15.5 Å². The van der Waals surface area contributed by atoms with Gasteiger partial charge in [-0.05, 0) is 37.8 Å². The van der Waals surface area contributed by atoms with Gasteiger partial charge in [0.15, 0.2) is 5.82 Å². The van der Waals surface area contributed by atoms with Crippen LogP contribution in [0.1, 0.15) is 43.7 Å². The zero-order valence-electron chi connectivity index (χ0n) is 11.3. The van der Waals surface area contributed by atoms with E-state index in [4.69, 9.17) is 0 Å². The molecule has 2 saturated heterocycles. The largest absolute Gasteiger partial charge is 0.355 e. The Labute approximate surface area is 117 Å². The van der Waals surface area contributed by atoms with Gasteiger partial charge in [-0.25, -0.2) is 0 Å². The minimum atomic E-state index is -0.351. The number of carbonyl (C=O) groups excluding carboxylic acids is 2. The molecule has 1 N–H and O–H groups in total. The van der Waals surface area contributed by atoms with E-state index in [0.717, 1.165) is 18.9 Å². The zero-order chi connectivity index (χ0) is 13.9. The summed E-state index contributed by atoms with van der Waals surface area (Å²) in [6.45, 7) is 2.04. The van der Waals surface area contributed by atoms with Crippen molar-refractivity contribution in [3.05, 3.63) is 17.8 Å². The molecule has 3 heterocycles. The normalized spacial score (nSPS) is 23.6. The monoisotopic (exact) mass is 274 g/mol. The Morgan fingerprint density at radius 3 is 2.55 bits per heavy atom. The number of aromatic nitrogens is 2. The Morgan fingerprint density at radius 2 is 1.90 bits per heavy atom. The van der Waals surface area contributed by atoms with Crippen molar-refractivity contribution in [1.29, 1.82) is 0 Å². The van der Waals surface area contributed by atoms with Crippen molar-refractivity contribution in [2.24, 2.45) is 0 Å². The highest BCUT2D eigenvalue weighted by Crippen LogP contribution is 2.24. The molecule has 1 atom stereocenters. The molecule has 2 aliphatic rings. The first kappa shape index (κ1) is 13.0. The number of anilines is 1. The highest BCUT2D eigenvalue weighted by molar-refractivity contribution is 6.00. The fourth-order valence-corrected chi connectivity index (χ4v) is 2.79. The predicted molar refractivity (Wildman–Crippen MR) is 73.2 cm³/mol. The minimum Gasteiger partial charge on any atom is -0.355 e. The first-order chi connectivity index (χ1) is 9.74. The SMILES string of the molecule is O=C1CCC(c2ccc(N3CCCCC3)nn2)C(=O)N1. The lowest BCUT2D eigenvalue weighted by molar-refractivity contribution is -0.134. The Morgan fingerprint density at radius 1 is 1.10 bits per heavy atom. The summed E-state index contributed by atoms with van der Waals surface area (Å²) < 4.78 is 0. The standard InChI is InChI=1S/C14H18N4O2/c19-13-7-4-10(14(20)15-13)11-5-6-12(17-16-11)18-8-2-1-3-9-18/h5-6,10H,1-4,7-9H2,(H,15,19,20). The summed E-state index contributed by atoms with van der Waals surface area (Å²) in [5, 5.41) is 10.8. The Hall–Kier alpha value is -1.98. The summed E-state index contributed by atoms with van der Waals surface area (Å²) in [7, 11) is 0. The lowest BCUT2D eigenvalue weighted by atomic mass is 9.94. The third-order valence-corrected chi connectivity index (χ3v) is 3.95. The van der Waals surface area contributed by atoms with E-state index in [1.165, 1.54) is 19.3 Å². The van der Waals surface area contributed by atoms with E-state index in [1.54, 1.807) is 0 Å². The summed E-state index contributed by atoms with van der Waals surface area (Å²) in [4.78, 5) is 25.1. The molecule has 20 heavy (non-hydrogen) atoms. The van der Waals surface area contributed by atoms with E-state index in [2.05, 4.69) is 20.4 Å². The molecule has 3 rings (SSSR count). The Bertz CT molecular complexity index is 508. The molecule has 1 aromatic rings. The van der Waals surface area contributed by atoms with Crippen LogP contribution >= 0.6 is 0 Å². The van der Waals surface area contributed by atoms with Gasteiger partial charge >= 0.3 is 0 Å². The van der Waals surface area contributed by atoms with Gasteiger partial charge in [-0.15, -0.1) is 5.10 Å². The van der Waals surface area contributed by atoms with Crippen molar-refractivity contribution < 1.29 is 9.59 Å². The van der Waals surface area contributed by atoms with Gasteiger partial charge in [-0.3, -0.25) is 14.9 Å². The van der Waals surface area contributed by atoms with Crippen LogP contribution in [-0.2, 0) is 9.59 Å². The highest BCUT2D eigenvalue weighted by atomic mass is 16.2. The number of rotatable bonds is 2. The number of hydrogen-bond donors (Lipinski definition) is 1. The van der Waals surface area contributed by atoms with Gasteiger partial charge in [0.1, 0.15) is 0 Å². The molecule has 1 aromatic heterocycles. The topological polar surface area (TPSA) is 75.2 Å². The van der Waals surface area contributed by atoms with E-state index in [9.17, 15) is 9.59 Å². The minimum absolute atomic E-state index is 0.204. The van der Waals surface area contributed by atoms with E-state index < -0.39 is 0 Å². The van der Waals surface area contributed by atoms with Gasteiger partial charge in [-0.2, -0.15) is 5.10 Å². The molecular weight excluding hydrogens is 256 g/mol. The van der Waals surface area contributed by atoms with Crippen LogP contribution in [0.25, 0.3) is 0 Å². The molecule has 1 unspecified atom stereocenters. The summed E-state index contributed by atoms with van der Waals surface area (Å²) in [5.74, 6) is 0.0572. The fourth-order valence-electron chi connectivity index (χ4n) is 2.79. The van der Waals surface area contributed by atoms with E-state index in [-0.39, 0.29) is 17.7 Å². The predicted octanol–water partition coefficient (Wildman–Crippen LogP) is 0.987. The van der Waals surface area contributed by atoms with Crippen molar-refractivity contribution in [3.8, 4) is 0 Å². The van der Waals surface area contributed by atoms with Gasteiger partial charge in [0, 0.05) is 19.5 Å². The molecule has 0 saturated carbocycles. The molecule has 106 valence electrons. The van der Waals surface area contributed by atoms with Gasteiger partial charge in [0.25, 0.3) is 0 Å². The van der Waals surface area contributed by atoms with Gasteiger partial charge in [0.05, 0.1) is 11.6 Å². The van der Waals surface area contributed by atoms with Crippen molar-refractivity contribution >= 4 is 17.6 Å². The Kier molecular flexibility index (Phi) is 3.62. The number of amides is 2. The average Bonchev–Trinajstić information content (AvgIpc) is 2.48. The second-order valence-electron chi connectivity index (χ2n) is 5.37. The van der Waals surface area contributed by atoms with Crippen molar-refractivity contribution in [2.75, 3.05) is 18.0 Å². The number of nitrogens with zero attached hydrogens (tertiary/aromatic N) is 3. The maximum atomic E-state index is 11.8. The van der Waals surface area contributed by atoms with E-state index >= 15 is 0 Å². The summed E-state index contributed by atoms with van der Waals surface area (Å²) in [6.07, 6.45) is 4.54. The smallest absolute Gasteiger partial charge is 0.235 e. The molecular formula is C14H18N4O2. The third kappa shape index (κ3) is 2.64. The zero-order valence-corrected chi connectivity index (χ0v) is 11.3. The second-order valence-corrected chi connectivity index (χ2v) is 5.37. The number of nitrogens with one attached hydrogen (secondary N) is 1. The third-order valence-electron chi connectivity index (χ3n) is 3.95.